The number of amides is 2. The van der Waals surface area contributed by atoms with E-state index >= 15 is 0 Å². The third kappa shape index (κ3) is 4.89. The highest BCUT2D eigenvalue weighted by atomic mass is 35.5. The van der Waals surface area contributed by atoms with Crippen LogP contribution in [0.15, 0.2) is 42.5 Å². The van der Waals surface area contributed by atoms with Gasteiger partial charge in [0.05, 0.1) is 16.2 Å². The summed E-state index contributed by atoms with van der Waals surface area (Å²) in [7, 11) is 0. The molecule has 4 rings (SSSR count). The van der Waals surface area contributed by atoms with Crippen LogP contribution in [0, 0.1) is 5.92 Å². The highest BCUT2D eigenvalue weighted by Crippen LogP contribution is 2.40. The Morgan fingerprint density at radius 1 is 1.13 bits per heavy atom. The zero-order valence-electron chi connectivity index (χ0n) is 17.4. The van der Waals surface area contributed by atoms with Crippen molar-refractivity contribution in [3.05, 3.63) is 63.6 Å². The smallest absolute Gasteiger partial charge is 0.257 e. The van der Waals surface area contributed by atoms with Crippen LogP contribution in [0.3, 0.4) is 0 Å². The van der Waals surface area contributed by atoms with Crippen LogP contribution in [-0.4, -0.2) is 40.0 Å². The Kier molecular flexibility index (Phi) is 6.29. The molecule has 2 amide bonds. The number of hydrogen-bond acceptors (Lipinski definition) is 3. The summed E-state index contributed by atoms with van der Waals surface area (Å²) in [5.41, 5.74) is 0.886. The number of fused-ring (bicyclic) bond motifs is 1. The summed E-state index contributed by atoms with van der Waals surface area (Å²) in [6, 6.07) is 11.8. The maximum atomic E-state index is 13.2. The van der Waals surface area contributed by atoms with E-state index in [4.69, 9.17) is 23.2 Å². The van der Waals surface area contributed by atoms with Crippen LogP contribution in [-0.2, 0) is 0 Å². The number of hydrogen-bond donors (Lipinski definition) is 2. The number of likely N-dealkylation sites (tertiary alicyclic amines) is 1. The number of piperidine rings is 1. The van der Waals surface area contributed by atoms with Gasteiger partial charge in [-0.3, -0.25) is 9.59 Å². The number of halogens is 2. The second kappa shape index (κ2) is 8.81. The monoisotopic (exact) mass is 460 g/mol. The SMILES string of the molecule is C[C@]1(O)CC[C@H]2[C@@H](CCCN2C(=O)c2ccc(NC(=O)c3ccc(Cl)cc3Cl)cc2)C1. The Morgan fingerprint density at radius 3 is 2.58 bits per heavy atom. The van der Waals surface area contributed by atoms with Crippen molar-refractivity contribution in [1.82, 2.24) is 4.90 Å². The number of anilines is 1. The minimum absolute atomic E-state index is 0.00913. The van der Waals surface area contributed by atoms with Gasteiger partial charge in [-0.2, -0.15) is 0 Å². The van der Waals surface area contributed by atoms with Gasteiger partial charge in [0, 0.05) is 28.9 Å². The molecular weight excluding hydrogens is 435 g/mol. The summed E-state index contributed by atoms with van der Waals surface area (Å²) in [4.78, 5) is 27.7. The maximum absolute atomic E-state index is 13.2. The first kappa shape index (κ1) is 22.1. The standard InChI is InChI=1S/C24H26Cl2N2O3/c1-24(31)11-10-21-16(14-24)3-2-12-28(21)23(30)15-4-7-18(8-5-15)27-22(29)19-9-6-17(25)13-20(19)26/h4-9,13,16,21,31H,2-3,10-12,14H2,1H3,(H,27,29)/t16-,21-,24-/m0/s1. The Bertz CT molecular complexity index is 991. The molecule has 31 heavy (non-hydrogen) atoms. The molecule has 3 atom stereocenters. The largest absolute Gasteiger partial charge is 0.390 e. The van der Waals surface area contributed by atoms with Gasteiger partial charge >= 0.3 is 0 Å². The van der Waals surface area contributed by atoms with Crippen LogP contribution in [0.5, 0.6) is 0 Å². The number of carbonyl (C=O) groups excluding carboxylic acids is 2. The summed E-state index contributed by atoms with van der Waals surface area (Å²) in [5.74, 6) is 0.0212. The Labute approximate surface area is 192 Å². The second-order valence-corrected chi connectivity index (χ2v) is 9.71. The van der Waals surface area contributed by atoms with Crippen molar-refractivity contribution in [2.45, 2.75) is 50.7 Å². The molecule has 0 unspecified atom stereocenters. The first-order chi connectivity index (χ1) is 14.7. The van der Waals surface area contributed by atoms with E-state index in [1.807, 2.05) is 11.8 Å². The van der Waals surface area contributed by atoms with Crippen molar-refractivity contribution >= 4 is 40.7 Å². The normalized spacial score (nSPS) is 25.6. The van der Waals surface area contributed by atoms with Crippen LogP contribution in [0.25, 0.3) is 0 Å². The predicted octanol–water partition coefficient (Wildman–Crippen LogP) is 5.40. The number of nitrogens with zero attached hydrogens (tertiary/aromatic N) is 1. The first-order valence-corrected chi connectivity index (χ1v) is 11.4. The Balaban J connectivity index is 1.44. The number of rotatable bonds is 3. The van der Waals surface area contributed by atoms with E-state index in [1.165, 1.54) is 6.07 Å². The molecule has 1 saturated heterocycles. The third-order valence-electron chi connectivity index (χ3n) is 6.43. The number of nitrogens with one attached hydrogen (secondary N) is 1. The summed E-state index contributed by atoms with van der Waals surface area (Å²) in [6.07, 6.45) is 4.32. The lowest BCUT2D eigenvalue weighted by Crippen LogP contribution is -2.53. The molecule has 2 aromatic carbocycles. The molecule has 2 aromatic rings. The zero-order valence-corrected chi connectivity index (χ0v) is 18.9. The van der Waals surface area contributed by atoms with E-state index in [0.29, 0.717) is 27.8 Å². The van der Waals surface area contributed by atoms with Crippen molar-refractivity contribution in [1.29, 1.82) is 0 Å². The fourth-order valence-electron chi connectivity index (χ4n) is 4.88. The molecule has 2 fully saturated rings. The molecular formula is C24H26Cl2N2O3. The number of benzene rings is 2. The Hall–Kier alpha value is -2.08. The topological polar surface area (TPSA) is 69.6 Å². The molecule has 2 aliphatic rings. The molecule has 7 heteroatoms. The fraction of sp³-hybridized carbons (Fsp3) is 0.417. The first-order valence-electron chi connectivity index (χ1n) is 10.6. The maximum Gasteiger partial charge on any atom is 0.257 e. The van der Waals surface area contributed by atoms with Gasteiger partial charge in [-0.05, 0) is 87.4 Å². The molecule has 0 bridgehead atoms. The molecule has 1 heterocycles. The van der Waals surface area contributed by atoms with Gasteiger partial charge in [-0.25, -0.2) is 0 Å². The van der Waals surface area contributed by atoms with Crippen LogP contribution in [0.4, 0.5) is 5.69 Å². The van der Waals surface area contributed by atoms with E-state index < -0.39 is 5.60 Å². The minimum Gasteiger partial charge on any atom is -0.390 e. The molecule has 0 aromatic heterocycles. The number of aliphatic hydroxyl groups is 1. The van der Waals surface area contributed by atoms with E-state index in [1.54, 1.807) is 36.4 Å². The number of carbonyl (C=O) groups is 2. The van der Waals surface area contributed by atoms with Crippen molar-refractivity contribution in [2.24, 2.45) is 5.92 Å². The van der Waals surface area contributed by atoms with Gasteiger partial charge in [-0.15, -0.1) is 0 Å². The van der Waals surface area contributed by atoms with Gasteiger partial charge in [0.2, 0.25) is 0 Å². The Morgan fingerprint density at radius 2 is 1.87 bits per heavy atom. The molecule has 2 N–H and O–H groups in total. The van der Waals surface area contributed by atoms with Crippen LogP contribution in [0.2, 0.25) is 10.0 Å². The molecule has 1 aliphatic carbocycles. The second-order valence-electron chi connectivity index (χ2n) is 8.86. The zero-order chi connectivity index (χ0) is 22.2. The average Bonchev–Trinajstić information content (AvgIpc) is 2.72. The van der Waals surface area contributed by atoms with Gasteiger partial charge < -0.3 is 15.3 Å². The van der Waals surface area contributed by atoms with E-state index in [9.17, 15) is 14.7 Å². The van der Waals surface area contributed by atoms with Gasteiger partial charge in [0.15, 0.2) is 0 Å². The van der Waals surface area contributed by atoms with Crippen molar-refractivity contribution in [2.75, 3.05) is 11.9 Å². The highest BCUT2D eigenvalue weighted by Gasteiger charge is 2.42. The molecule has 5 nitrogen and oxygen atoms in total. The van der Waals surface area contributed by atoms with Crippen molar-refractivity contribution in [3.63, 3.8) is 0 Å². The van der Waals surface area contributed by atoms with E-state index in [-0.39, 0.29) is 22.9 Å². The van der Waals surface area contributed by atoms with Crippen LogP contribution in [0.1, 0.15) is 59.7 Å². The van der Waals surface area contributed by atoms with Gasteiger partial charge in [-0.1, -0.05) is 23.2 Å². The predicted molar refractivity (Wildman–Crippen MR) is 123 cm³/mol. The van der Waals surface area contributed by atoms with Gasteiger partial charge in [0.25, 0.3) is 11.8 Å². The summed E-state index contributed by atoms with van der Waals surface area (Å²) in [5, 5.41) is 14.0. The fourth-order valence-corrected chi connectivity index (χ4v) is 5.37. The molecule has 1 saturated carbocycles. The molecule has 164 valence electrons. The summed E-state index contributed by atoms with van der Waals surface area (Å²) < 4.78 is 0. The molecule has 0 spiro atoms. The van der Waals surface area contributed by atoms with E-state index in [2.05, 4.69) is 5.32 Å². The third-order valence-corrected chi connectivity index (χ3v) is 6.97. The van der Waals surface area contributed by atoms with Gasteiger partial charge in [0.1, 0.15) is 0 Å². The summed E-state index contributed by atoms with van der Waals surface area (Å²) in [6.45, 7) is 2.64. The average molecular weight is 461 g/mol. The quantitative estimate of drug-likeness (QED) is 0.643. The summed E-state index contributed by atoms with van der Waals surface area (Å²) >= 11 is 12.0. The highest BCUT2D eigenvalue weighted by molar-refractivity contribution is 6.37. The van der Waals surface area contributed by atoms with Crippen LogP contribution >= 0.6 is 23.2 Å². The lowest BCUT2D eigenvalue weighted by Gasteiger charge is -2.48. The van der Waals surface area contributed by atoms with Crippen molar-refractivity contribution < 1.29 is 14.7 Å². The lowest BCUT2D eigenvalue weighted by atomic mass is 9.72. The van der Waals surface area contributed by atoms with E-state index in [0.717, 1.165) is 38.6 Å². The minimum atomic E-state index is -0.625. The molecule has 0 radical (unpaired) electrons. The van der Waals surface area contributed by atoms with Crippen LogP contribution < -0.4 is 5.32 Å². The molecule has 1 aliphatic heterocycles. The van der Waals surface area contributed by atoms with Crippen molar-refractivity contribution in [3.8, 4) is 0 Å². The lowest BCUT2D eigenvalue weighted by molar-refractivity contribution is -0.0449.